The van der Waals surface area contributed by atoms with Crippen LogP contribution in [0.2, 0.25) is 5.02 Å². The van der Waals surface area contributed by atoms with Gasteiger partial charge in [-0.15, -0.1) is 0 Å². The van der Waals surface area contributed by atoms with Crippen LogP contribution in [0.3, 0.4) is 0 Å². The number of amides is 1. The van der Waals surface area contributed by atoms with Crippen molar-refractivity contribution >= 4 is 45.2 Å². The van der Waals surface area contributed by atoms with E-state index in [1.54, 1.807) is 18.7 Å². The van der Waals surface area contributed by atoms with Crippen LogP contribution in [0.25, 0.3) is 0 Å². The third-order valence-electron chi connectivity index (χ3n) is 3.22. The summed E-state index contributed by atoms with van der Waals surface area (Å²) in [5, 5.41) is 3.64. The molecule has 1 N–H and O–H groups in total. The van der Waals surface area contributed by atoms with E-state index in [2.05, 4.69) is 21.2 Å². The summed E-state index contributed by atoms with van der Waals surface area (Å²) in [6, 6.07) is 15.2. The van der Waals surface area contributed by atoms with Gasteiger partial charge in [-0.25, -0.2) is 0 Å². The fourth-order valence-corrected chi connectivity index (χ4v) is 3.14. The molecule has 2 aromatic carbocycles. The van der Waals surface area contributed by atoms with Gasteiger partial charge < -0.3 is 10.1 Å². The molecule has 128 valence electrons. The number of ether oxygens (including phenoxy) is 1. The number of thioether (sulfide) groups is 1. The Morgan fingerprint density at radius 1 is 1.21 bits per heavy atom. The van der Waals surface area contributed by atoms with Crippen LogP contribution in [0.5, 0.6) is 5.75 Å². The highest BCUT2D eigenvalue weighted by molar-refractivity contribution is 9.10. The van der Waals surface area contributed by atoms with Crippen LogP contribution in [0.15, 0.2) is 53.0 Å². The Balaban J connectivity index is 1.63. The molecule has 0 aliphatic heterocycles. The zero-order chi connectivity index (χ0) is 17.4. The van der Waals surface area contributed by atoms with Crippen LogP contribution in [-0.2, 0) is 10.5 Å². The molecule has 2 aromatic rings. The lowest BCUT2D eigenvalue weighted by Gasteiger charge is -2.14. The van der Waals surface area contributed by atoms with Gasteiger partial charge in [-0.3, -0.25) is 4.79 Å². The number of hydrogen-bond donors (Lipinski definition) is 1. The maximum absolute atomic E-state index is 12.0. The standard InChI is InChI=1S/C18H19BrClNO2S/c1-13(23-17-8-4-15(19)5-9-17)18(22)21-10-11-24-12-14-2-6-16(20)7-3-14/h2-9,13H,10-12H2,1H3,(H,21,22). The molecular formula is C18H19BrClNO2S. The first-order chi connectivity index (χ1) is 11.5. The maximum Gasteiger partial charge on any atom is 0.260 e. The minimum Gasteiger partial charge on any atom is -0.481 e. The van der Waals surface area contributed by atoms with Gasteiger partial charge in [-0.1, -0.05) is 39.7 Å². The van der Waals surface area contributed by atoms with Crippen LogP contribution in [0.1, 0.15) is 12.5 Å². The Morgan fingerprint density at radius 2 is 1.88 bits per heavy atom. The van der Waals surface area contributed by atoms with Gasteiger partial charge in [0.1, 0.15) is 5.75 Å². The van der Waals surface area contributed by atoms with Gasteiger partial charge >= 0.3 is 0 Å². The van der Waals surface area contributed by atoms with Crippen molar-refractivity contribution in [2.24, 2.45) is 0 Å². The van der Waals surface area contributed by atoms with E-state index in [4.69, 9.17) is 16.3 Å². The van der Waals surface area contributed by atoms with Crippen molar-refractivity contribution in [3.63, 3.8) is 0 Å². The predicted molar refractivity (Wildman–Crippen MR) is 105 cm³/mol. The molecule has 3 nitrogen and oxygen atoms in total. The fourth-order valence-electron chi connectivity index (χ4n) is 1.93. The molecule has 2 rings (SSSR count). The first kappa shape index (κ1) is 19.2. The number of hydrogen-bond acceptors (Lipinski definition) is 3. The molecule has 1 amide bonds. The van der Waals surface area contributed by atoms with E-state index in [0.717, 1.165) is 21.0 Å². The Hall–Kier alpha value is -1.17. The van der Waals surface area contributed by atoms with Gasteiger partial charge in [0, 0.05) is 27.5 Å². The van der Waals surface area contributed by atoms with Crippen LogP contribution in [0, 0.1) is 0 Å². The maximum atomic E-state index is 12.0. The minimum absolute atomic E-state index is 0.106. The van der Waals surface area contributed by atoms with Crippen molar-refractivity contribution in [1.29, 1.82) is 0 Å². The number of rotatable bonds is 8. The second-order valence-corrected chi connectivity index (χ2v) is 7.64. The van der Waals surface area contributed by atoms with E-state index in [9.17, 15) is 4.79 Å². The first-order valence-corrected chi connectivity index (χ1v) is 9.89. The van der Waals surface area contributed by atoms with Gasteiger partial charge in [0.15, 0.2) is 6.10 Å². The molecule has 0 heterocycles. The molecule has 0 bridgehead atoms. The third-order valence-corrected chi connectivity index (χ3v) is 5.03. The van der Waals surface area contributed by atoms with E-state index in [0.29, 0.717) is 12.3 Å². The number of halogens is 2. The molecule has 1 atom stereocenters. The lowest BCUT2D eigenvalue weighted by Crippen LogP contribution is -2.37. The molecule has 0 aromatic heterocycles. The minimum atomic E-state index is -0.521. The average molecular weight is 429 g/mol. The zero-order valence-corrected chi connectivity index (χ0v) is 16.5. The zero-order valence-electron chi connectivity index (χ0n) is 13.3. The summed E-state index contributed by atoms with van der Waals surface area (Å²) in [4.78, 5) is 12.0. The van der Waals surface area contributed by atoms with Crippen molar-refractivity contribution in [2.75, 3.05) is 12.3 Å². The van der Waals surface area contributed by atoms with E-state index in [1.807, 2.05) is 48.5 Å². The largest absolute Gasteiger partial charge is 0.481 e. The second kappa shape index (κ2) is 9.97. The highest BCUT2D eigenvalue weighted by Crippen LogP contribution is 2.17. The summed E-state index contributed by atoms with van der Waals surface area (Å²) in [5.41, 5.74) is 1.22. The highest BCUT2D eigenvalue weighted by atomic mass is 79.9. The van der Waals surface area contributed by atoms with Crippen LogP contribution in [0.4, 0.5) is 0 Å². The quantitative estimate of drug-likeness (QED) is 0.607. The molecule has 24 heavy (non-hydrogen) atoms. The van der Waals surface area contributed by atoms with Gasteiger partial charge in [0.2, 0.25) is 0 Å². The van der Waals surface area contributed by atoms with Crippen molar-refractivity contribution in [3.8, 4) is 5.75 Å². The molecule has 0 fully saturated rings. The smallest absolute Gasteiger partial charge is 0.260 e. The third kappa shape index (κ3) is 6.75. The summed E-state index contributed by atoms with van der Waals surface area (Å²) >= 11 is 11.0. The Morgan fingerprint density at radius 3 is 2.54 bits per heavy atom. The molecule has 0 saturated heterocycles. The summed E-state index contributed by atoms with van der Waals surface area (Å²) in [6.07, 6.45) is -0.521. The van der Waals surface area contributed by atoms with Crippen molar-refractivity contribution in [3.05, 3.63) is 63.6 Å². The van der Waals surface area contributed by atoms with Gasteiger partial charge in [-0.2, -0.15) is 11.8 Å². The molecule has 0 aliphatic rings. The normalized spacial score (nSPS) is 11.8. The number of carbonyl (C=O) groups excluding carboxylic acids is 1. The number of nitrogens with one attached hydrogen (secondary N) is 1. The Kier molecular flexibility index (Phi) is 7.95. The van der Waals surface area contributed by atoms with Gasteiger partial charge in [-0.05, 0) is 48.9 Å². The van der Waals surface area contributed by atoms with Crippen LogP contribution in [-0.4, -0.2) is 24.3 Å². The van der Waals surface area contributed by atoms with Crippen molar-refractivity contribution < 1.29 is 9.53 Å². The molecule has 0 radical (unpaired) electrons. The Bertz CT molecular complexity index is 649. The Labute approximate surface area is 160 Å². The number of carbonyl (C=O) groups is 1. The SMILES string of the molecule is CC(Oc1ccc(Br)cc1)C(=O)NCCSCc1ccc(Cl)cc1. The second-order valence-electron chi connectivity index (χ2n) is 5.18. The van der Waals surface area contributed by atoms with Crippen molar-refractivity contribution in [1.82, 2.24) is 5.32 Å². The molecule has 1 unspecified atom stereocenters. The molecule has 6 heteroatoms. The van der Waals surface area contributed by atoms with Gasteiger partial charge in [0.25, 0.3) is 5.91 Å². The predicted octanol–water partition coefficient (Wildman–Crippen LogP) is 4.92. The summed E-state index contributed by atoms with van der Waals surface area (Å²) < 4.78 is 6.59. The monoisotopic (exact) mass is 427 g/mol. The first-order valence-electron chi connectivity index (χ1n) is 7.57. The molecule has 0 spiro atoms. The van der Waals surface area contributed by atoms with E-state index < -0.39 is 6.10 Å². The van der Waals surface area contributed by atoms with Crippen LogP contribution < -0.4 is 10.1 Å². The van der Waals surface area contributed by atoms with Crippen molar-refractivity contribution in [2.45, 2.75) is 18.8 Å². The highest BCUT2D eigenvalue weighted by Gasteiger charge is 2.13. The lowest BCUT2D eigenvalue weighted by atomic mass is 10.2. The molecule has 0 aliphatic carbocycles. The summed E-state index contributed by atoms with van der Waals surface area (Å²) in [7, 11) is 0. The topological polar surface area (TPSA) is 38.3 Å². The van der Waals surface area contributed by atoms with E-state index in [1.165, 1.54) is 5.56 Å². The molecule has 0 saturated carbocycles. The molecular weight excluding hydrogens is 410 g/mol. The average Bonchev–Trinajstić information content (AvgIpc) is 2.58. The fraction of sp³-hybridized carbons (Fsp3) is 0.278. The van der Waals surface area contributed by atoms with E-state index in [-0.39, 0.29) is 5.91 Å². The van der Waals surface area contributed by atoms with E-state index >= 15 is 0 Å². The number of benzene rings is 2. The lowest BCUT2D eigenvalue weighted by molar-refractivity contribution is -0.127. The summed E-state index contributed by atoms with van der Waals surface area (Å²) in [5.74, 6) is 2.32. The van der Waals surface area contributed by atoms with Crippen LogP contribution >= 0.6 is 39.3 Å². The van der Waals surface area contributed by atoms with Gasteiger partial charge in [0.05, 0.1) is 0 Å². The summed E-state index contributed by atoms with van der Waals surface area (Å²) in [6.45, 7) is 2.36.